The highest BCUT2D eigenvalue weighted by atomic mass is 19.1. The number of nitrogens with zero attached hydrogens (tertiary/aromatic N) is 3. The summed E-state index contributed by atoms with van der Waals surface area (Å²) in [7, 11) is 0. The number of fused-ring (bicyclic) bond motifs is 2. The van der Waals surface area contributed by atoms with E-state index in [1.165, 1.54) is 0 Å². The number of ether oxygens (including phenoxy) is 1. The Balaban J connectivity index is 1.31. The Kier molecular flexibility index (Phi) is 3.92. The first-order chi connectivity index (χ1) is 13.6. The van der Waals surface area contributed by atoms with E-state index in [2.05, 4.69) is 20.5 Å². The predicted octanol–water partition coefficient (Wildman–Crippen LogP) is 2.51. The Morgan fingerprint density at radius 1 is 1.32 bits per heavy atom. The molecule has 2 N–H and O–H groups in total. The number of hydrogen-bond acceptors (Lipinski definition) is 5. The summed E-state index contributed by atoms with van der Waals surface area (Å²) in [6.07, 6.45) is 0.640. The molecule has 1 saturated heterocycles. The van der Waals surface area contributed by atoms with Gasteiger partial charge in [-0.15, -0.1) is 0 Å². The summed E-state index contributed by atoms with van der Waals surface area (Å²) in [6, 6.07) is 7.42. The van der Waals surface area contributed by atoms with E-state index >= 15 is 0 Å². The van der Waals surface area contributed by atoms with E-state index in [9.17, 15) is 9.18 Å². The number of nitrogens with one attached hydrogen (secondary N) is 2. The first-order valence-electron chi connectivity index (χ1n) is 9.36. The number of pyridine rings is 1. The van der Waals surface area contributed by atoms with E-state index in [0.717, 1.165) is 28.0 Å². The normalized spacial score (nSPS) is 21.6. The number of anilines is 1. The lowest BCUT2D eigenvalue weighted by molar-refractivity contribution is 0.0820. The van der Waals surface area contributed by atoms with Crippen molar-refractivity contribution in [2.75, 3.05) is 18.0 Å². The van der Waals surface area contributed by atoms with Crippen LogP contribution in [0, 0.1) is 6.92 Å². The van der Waals surface area contributed by atoms with Crippen molar-refractivity contribution in [3.63, 3.8) is 0 Å². The van der Waals surface area contributed by atoms with E-state index in [1.807, 2.05) is 36.1 Å². The van der Waals surface area contributed by atoms with Crippen molar-refractivity contribution < 1.29 is 13.9 Å². The highest BCUT2D eigenvalue weighted by Gasteiger charge is 2.33. The maximum absolute atomic E-state index is 14.9. The van der Waals surface area contributed by atoms with Crippen molar-refractivity contribution in [2.24, 2.45) is 0 Å². The molecule has 5 rings (SSSR count). The van der Waals surface area contributed by atoms with Crippen LogP contribution in [0.2, 0.25) is 0 Å². The van der Waals surface area contributed by atoms with Crippen LogP contribution >= 0.6 is 0 Å². The summed E-state index contributed by atoms with van der Waals surface area (Å²) in [5.74, 6) is 1.30. The van der Waals surface area contributed by atoms with Gasteiger partial charge in [-0.05, 0) is 36.8 Å². The van der Waals surface area contributed by atoms with Crippen molar-refractivity contribution in [1.82, 2.24) is 20.5 Å². The highest BCUT2D eigenvalue weighted by molar-refractivity contribution is 5.98. The van der Waals surface area contributed by atoms with Crippen molar-refractivity contribution in [2.45, 2.75) is 32.2 Å². The minimum Gasteiger partial charge on any atom is -0.487 e. The van der Waals surface area contributed by atoms with E-state index in [4.69, 9.17) is 4.74 Å². The van der Waals surface area contributed by atoms with Crippen LogP contribution in [0.5, 0.6) is 5.75 Å². The van der Waals surface area contributed by atoms with Gasteiger partial charge in [0.15, 0.2) is 6.17 Å². The molecule has 28 heavy (non-hydrogen) atoms. The summed E-state index contributed by atoms with van der Waals surface area (Å²) < 4.78 is 20.8. The molecule has 4 heterocycles. The lowest BCUT2D eigenvalue weighted by Crippen LogP contribution is -2.47. The summed E-state index contributed by atoms with van der Waals surface area (Å²) >= 11 is 0. The topological polar surface area (TPSA) is 83.1 Å². The number of benzene rings is 1. The molecule has 0 spiro atoms. The van der Waals surface area contributed by atoms with Crippen LogP contribution in [0.15, 0.2) is 30.5 Å². The van der Waals surface area contributed by atoms with Crippen LogP contribution < -0.4 is 15.0 Å². The third kappa shape index (κ3) is 2.85. The molecule has 2 aliphatic rings. The minimum absolute atomic E-state index is 0.0952. The second kappa shape index (κ2) is 6.47. The molecule has 8 heteroatoms. The molecule has 144 valence electrons. The molecular weight excluding hydrogens is 361 g/mol. The maximum atomic E-state index is 14.9. The van der Waals surface area contributed by atoms with Gasteiger partial charge in [-0.2, -0.15) is 5.10 Å². The monoisotopic (exact) mass is 381 g/mol. The van der Waals surface area contributed by atoms with E-state index < -0.39 is 12.3 Å². The molecule has 2 atom stereocenters. The highest BCUT2D eigenvalue weighted by Crippen LogP contribution is 2.29. The van der Waals surface area contributed by atoms with Crippen LogP contribution in [-0.2, 0) is 6.54 Å². The van der Waals surface area contributed by atoms with Gasteiger partial charge in [-0.1, -0.05) is 0 Å². The Hall–Kier alpha value is -3.16. The number of rotatable bonds is 3. The van der Waals surface area contributed by atoms with Gasteiger partial charge in [0.05, 0.1) is 36.1 Å². The first-order valence-corrected chi connectivity index (χ1v) is 9.36. The van der Waals surface area contributed by atoms with Crippen molar-refractivity contribution in [3.8, 4) is 5.75 Å². The minimum atomic E-state index is -1.14. The number of piperidine rings is 1. The summed E-state index contributed by atoms with van der Waals surface area (Å²) in [6.45, 7) is 3.19. The van der Waals surface area contributed by atoms with Crippen LogP contribution in [0.3, 0.4) is 0 Å². The third-order valence-corrected chi connectivity index (χ3v) is 5.41. The van der Waals surface area contributed by atoms with E-state index in [0.29, 0.717) is 30.8 Å². The van der Waals surface area contributed by atoms with Crippen molar-refractivity contribution in [1.29, 1.82) is 0 Å². The molecule has 2 aromatic heterocycles. The lowest BCUT2D eigenvalue weighted by Gasteiger charge is -2.36. The van der Waals surface area contributed by atoms with Gasteiger partial charge >= 0.3 is 0 Å². The number of aryl methyl sites for hydroxylation is 1. The zero-order valence-corrected chi connectivity index (χ0v) is 15.4. The molecule has 0 saturated carbocycles. The second-order valence-corrected chi connectivity index (χ2v) is 7.33. The van der Waals surface area contributed by atoms with Gasteiger partial charge in [0.25, 0.3) is 5.91 Å². The predicted molar refractivity (Wildman–Crippen MR) is 102 cm³/mol. The molecule has 0 radical (unpaired) electrons. The van der Waals surface area contributed by atoms with Gasteiger partial charge in [0, 0.05) is 18.4 Å². The Bertz CT molecular complexity index is 1070. The Labute approximate surface area is 160 Å². The van der Waals surface area contributed by atoms with Crippen LogP contribution in [0.4, 0.5) is 10.2 Å². The number of hydrogen-bond donors (Lipinski definition) is 2. The molecule has 1 aromatic carbocycles. The summed E-state index contributed by atoms with van der Waals surface area (Å²) in [5, 5.41) is 10.6. The van der Waals surface area contributed by atoms with E-state index in [-0.39, 0.29) is 12.5 Å². The Morgan fingerprint density at radius 2 is 2.21 bits per heavy atom. The fraction of sp³-hybridized carbons (Fsp3) is 0.350. The fourth-order valence-electron chi connectivity index (χ4n) is 3.93. The number of H-pyrrole nitrogens is 1. The number of halogens is 1. The van der Waals surface area contributed by atoms with E-state index in [1.54, 1.807) is 6.20 Å². The molecular formula is C20H20FN5O2. The number of aromatic nitrogens is 3. The van der Waals surface area contributed by atoms with Crippen LogP contribution in [0.1, 0.15) is 28.0 Å². The van der Waals surface area contributed by atoms with Gasteiger partial charge in [0.2, 0.25) is 0 Å². The smallest absolute Gasteiger partial charge is 0.253 e. The zero-order chi connectivity index (χ0) is 19.3. The van der Waals surface area contributed by atoms with Crippen LogP contribution in [0.25, 0.3) is 10.9 Å². The average Bonchev–Trinajstić information content (AvgIpc) is 3.29. The fourth-order valence-corrected chi connectivity index (χ4v) is 3.93. The number of carbonyl (C=O) groups excluding carboxylic acids is 1. The second-order valence-electron chi connectivity index (χ2n) is 7.33. The maximum Gasteiger partial charge on any atom is 0.253 e. The third-order valence-electron chi connectivity index (χ3n) is 5.41. The van der Waals surface area contributed by atoms with Gasteiger partial charge < -0.3 is 15.0 Å². The van der Waals surface area contributed by atoms with Crippen molar-refractivity contribution in [3.05, 3.63) is 47.3 Å². The molecule has 2 aliphatic heterocycles. The quantitative estimate of drug-likeness (QED) is 0.728. The summed E-state index contributed by atoms with van der Waals surface area (Å²) in [4.78, 5) is 18.4. The van der Waals surface area contributed by atoms with Gasteiger partial charge in [0.1, 0.15) is 17.7 Å². The lowest BCUT2D eigenvalue weighted by atomic mass is 10.0. The van der Waals surface area contributed by atoms with Crippen molar-refractivity contribution >= 4 is 22.6 Å². The number of alkyl halides is 1. The Morgan fingerprint density at radius 3 is 3.07 bits per heavy atom. The molecule has 0 bridgehead atoms. The molecule has 7 nitrogen and oxygen atoms in total. The number of carbonyl (C=O) groups is 1. The van der Waals surface area contributed by atoms with Gasteiger partial charge in [-0.25, -0.2) is 9.37 Å². The molecule has 0 aliphatic carbocycles. The molecule has 3 aromatic rings. The zero-order valence-electron chi connectivity index (χ0n) is 15.4. The molecule has 0 unspecified atom stereocenters. The average molecular weight is 381 g/mol. The standard InChI is InChI=1S/C20H20FN5O2/c1-11-6-14-17(9-22-20(14)27)24-19(11)26-5-4-18(15(21)10-26)28-13-2-3-16-12(7-13)8-23-25-16/h2-3,6-8,15,18H,4-5,9-10H2,1H3,(H,22,27)(H,23,25)/t15-,18+/m0/s1. The summed E-state index contributed by atoms with van der Waals surface area (Å²) in [5.41, 5.74) is 3.15. The van der Waals surface area contributed by atoms with Gasteiger partial charge in [-0.3, -0.25) is 9.89 Å². The number of amides is 1. The largest absolute Gasteiger partial charge is 0.487 e. The first kappa shape index (κ1) is 17.0. The SMILES string of the molecule is Cc1cc2c(nc1N1CC[C@@H](Oc3ccc4[nH]ncc4c3)[C@@H](F)C1)CNC2=O. The van der Waals surface area contributed by atoms with Crippen LogP contribution in [-0.4, -0.2) is 46.5 Å². The number of aromatic amines is 1. The molecule has 1 amide bonds. The molecule has 1 fully saturated rings.